The van der Waals surface area contributed by atoms with Crippen LogP contribution in [0.25, 0.3) is 5.69 Å². The first-order valence-electron chi connectivity index (χ1n) is 7.50. The number of nitrogens with zero attached hydrogens (tertiary/aromatic N) is 3. The first-order valence-corrected chi connectivity index (χ1v) is 7.87. The highest BCUT2D eigenvalue weighted by Crippen LogP contribution is 2.15. The number of hydrogen-bond acceptors (Lipinski definition) is 5. The number of halogens is 1. The van der Waals surface area contributed by atoms with Crippen molar-refractivity contribution in [3.8, 4) is 11.6 Å². The average Bonchev–Trinajstić information content (AvgIpc) is 3.08. The smallest absolute Gasteiger partial charge is 0.273 e. The van der Waals surface area contributed by atoms with E-state index in [1.54, 1.807) is 42.1 Å². The summed E-state index contributed by atoms with van der Waals surface area (Å²) in [5, 5.41) is 11.2. The Morgan fingerprint density at radius 3 is 2.72 bits per heavy atom. The quantitative estimate of drug-likeness (QED) is 0.606. The number of ether oxygens (including phenoxy) is 1. The predicted octanol–water partition coefficient (Wildman–Crippen LogP) is 2.60. The van der Waals surface area contributed by atoms with E-state index in [-0.39, 0.29) is 18.2 Å². The number of amides is 1. The van der Waals surface area contributed by atoms with E-state index < -0.39 is 0 Å². The van der Waals surface area contributed by atoms with Gasteiger partial charge in [0.2, 0.25) is 5.88 Å². The molecule has 1 amide bonds. The molecule has 25 heavy (non-hydrogen) atoms. The van der Waals surface area contributed by atoms with Crippen molar-refractivity contribution < 1.29 is 14.4 Å². The Labute approximate surface area is 150 Å². The van der Waals surface area contributed by atoms with Gasteiger partial charge in [-0.2, -0.15) is 0 Å². The van der Waals surface area contributed by atoms with Gasteiger partial charge in [-0.3, -0.25) is 4.79 Å². The van der Waals surface area contributed by atoms with Crippen LogP contribution in [0.4, 0.5) is 0 Å². The molecule has 132 valence electrons. The minimum absolute atomic E-state index is 0.195. The maximum absolute atomic E-state index is 11.7. The standard InChI is InChI=1S/C17H19ClN4O3/c1-12(16(21-24-3)17(23)19-2)9-11-25-15-8-10-22(20-15)14-6-4-13(18)5-7-14/h4-10H,11H2,1-3H3,(H,19,23)/b12-9-,21-16-. The number of rotatable bonds is 7. The van der Waals surface area contributed by atoms with Crippen LogP contribution in [0.2, 0.25) is 5.02 Å². The van der Waals surface area contributed by atoms with E-state index in [4.69, 9.17) is 21.2 Å². The van der Waals surface area contributed by atoms with Crippen LogP contribution in [0.1, 0.15) is 6.92 Å². The summed E-state index contributed by atoms with van der Waals surface area (Å²) in [5.41, 5.74) is 1.71. The molecule has 0 saturated carbocycles. The van der Waals surface area contributed by atoms with E-state index in [0.717, 1.165) is 5.69 Å². The summed E-state index contributed by atoms with van der Waals surface area (Å²) >= 11 is 5.88. The van der Waals surface area contributed by atoms with E-state index in [9.17, 15) is 4.79 Å². The van der Waals surface area contributed by atoms with Gasteiger partial charge in [-0.1, -0.05) is 16.8 Å². The lowest BCUT2D eigenvalue weighted by atomic mass is 10.1. The molecule has 1 aromatic carbocycles. The Hall–Kier alpha value is -2.80. The predicted molar refractivity (Wildman–Crippen MR) is 96.3 cm³/mol. The molecule has 0 aliphatic heterocycles. The summed E-state index contributed by atoms with van der Waals surface area (Å²) in [4.78, 5) is 16.4. The van der Waals surface area contributed by atoms with Crippen LogP contribution >= 0.6 is 11.6 Å². The van der Waals surface area contributed by atoms with Gasteiger partial charge in [0.15, 0.2) is 5.71 Å². The Bertz CT molecular complexity index is 781. The van der Waals surface area contributed by atoms with Crippen LogP contribution in [0.3, 0.4) is 0 Å². The molecule has 0 radical (unpaired) electrons. The fourth-order valence-electron chi connectivity index (χ4n) is 1.97. The second-order valence-electron chi connectivity index (χ2n) is 4.97. The van der Waals surface area contributed by atoms with Crippen molar-refractivity contribution >= 4 is 23.2 Å². The van der Waals surface area contributed by atoms with Crippen LogP contribution in [0.5, 0.6) is 5.88 Å². The van der Waals surface area contributed by atoms with Gasteiger partial charge in [0.25, 0.3) is 5.91 Å². The normalized spacial score (nSPS) is 12.0. The van der Waals surface area contributed by atoms with Crippen LogP contribution in [0.15, 0.2) is 53.3 Å². The fourth-order valence-corrected chi connectivity index (χ4v) is 2.10. The molecule has 2 rings (SSSR count). The summed E-state index contributed by atoms with van der Waals surface area (Å²) < 4.78 is 7.27. The molecule has 0 saturated heterocycles. The molecule has 2 aromatic rings. The van der Waals surface area contributed by atoms with Gasteiger partial charge in [0.1, 0.15) is 13.7 Å². The molecule has 0 unspecified atom stereocenters. The van der Waals surface area contributed by atoms with Crippen molar-refractivity contribution in [1.29, 1.82) is 0 Å². The first-order chi connectivity index (χ1) is 12.0. The van der Waals surface area contributed by atoms with Gasteiger partial charge in [-0.25, -0.2) is 4.68 Å². The lowest BCUT2D eigenvalue weighted by Gasteiger charge is -2.05. The third kappa shape index (κ3) is 5.09. The molecule has 1 aromatic heterocycles. The van der Waals surface area contributed by atoms with Crippen molar-refractivity contribution in [2.24, 2.45) is 5.16 Å². The molecular weight excluding hydrogens is 344 g/mol. The molecule has 0 atom stereocenters. The monoisotopic (exact) mass is 362 g/mol. The lowest BCUT2D eigenvalue weighted by molar-refractivity contribution is -0.114. The number of hydrogen-bond donors (Lipinski definition) is 1. The Kier molecular flexibility index (Phi) is 6.59. The molecule has 1 N–H and O–H groups in total. The SMILES string of the molecule is CNC(=O)C(=N\OC)/C(C)=C\COc1ccn(-c2ccc(Cl)cc2)n1. The zero-order chi connectivity index (χ0) is 18.2. The fraction of sp³-hybridized carbons (Fsp3) is 0.235. The molecule has 0 spiro atoms. The number of aromatic nitrogens is 2. The number of carbonyl (C=O) groups excluding carboxylic acids is 1. The van der Waals surface area contributed by atoms with Gasteiger partial charge in [-0.15, -0.1) is 5.10 Å². The van der Waals surface area contributed by atoms with Crippen molar-refractivity contribution in [2.75, 3.05) is 20.8 Å². The Morgan fingerprint density at radius 1 is 1.36 bits per heavy atom. The van der Waals surface area contributed by atoms with Crippen molar-refractivity contribution in [3.05, 3.63) is 53.2 Å². The van der Waals surface area contributed by atoms with Crippen molar-refractivity contribution in [3.63, 3.8) is 0 Å². The molecule has 0 aliphatic carbocycles. The molecular formula is C17H19ClN4O3. The highest BCUT2D eigenvalue weighted by atomic mass is 35.5. The first kappa shape index (κ1) is 18.5. The topological polar surface area (TPSA) is 77.7 Å². The van der Waals surface area contributed by atoms with E-state index in [0.29, 0.717) is 16.5 Å². The maximum atomic E-state index is 11.7. The zero-order valence-corrected chi connectivity index (χ0v) is 14.9. The van der Waals surface area contributed by atoms with Gasteiger partial charge >= 0.3 is 0 Å². The average molecular weight is 363 g/mol. The largest absolute Gasteiger partial charge is 0.472 e. The van der Waals surface area contributed by atoms with E-state index in [1.807, 2.05) is 12.1 Å². The summed E-state index contributed by atoms with van der Waals surface area (Å²) in [7, 11) is 2.91. The van der Waals surface area contributed by atoms with E-state index in [1.165, 1.54) is 14.2 Å². The maximum Gasteiger partial charge on any atom is 0.273 e. The highest BCUT2D eigenvalue weighted by Gasteiger charge is 2.12. The van der Waals surface area contributed by atoms with Crippen molar-refractivity contribution in [2.45, 2.75) is 6.92 Å². The summed E-state index contributed by atoms with van der Waals surface area (Å²) in [6.45, 7) is 1.99. The van der Waals surface area contributed by atoms with Crippen LogP contribution < -0.4 is 10.1 Å². The van der Waals surface area contributed by atoms with E-state index >= 15 is 0 Å². The molecule has 0 aliphatic rings. The zero-order valence-electron chi connectivity index (χ0n) is 14.2. The lowest BCUT2D eigenvalue weighted by Crippen LogP contribution is -2.28. The Balaban J connectivity index is 2.00. The number of carbonyl (C=O) groups is 1. The minimum Gasteiger partial charge on any atom is -0.472 e. The van der Waals surface area contributed by atoms with Crippen LogP contribution in [-0.2, 0) is 9.63 Å². The van der Waals surface area contributed by atoms with Gasteiger partial charge < -0.3 is 14.9 Å². The van der Waals surface area contributed by atoms with Crippen LogP contribution in [0, 0.1) is 0 Å². The van der Waals surface area contributed by atoms with Gasteiger partial charge in [0.05, 0.1) is 5.69 Å². The third-order valence-electron chi connectivity index (χ3n) is 3.27. The summed E-state index contributed by atoms with van der Waals surface area (Å²) in [6, 6.07) is 9.06. The second-order valence-corrected chi connectivity index (χ2v) is 5.41. The molecule has 7 nitrogen and oxygen atoms in total. The van der Waals surface area contributed by atoms with E-state index in [2.05, 4.69) is 15.6 Å². The minimum atomic E-state index is -0.331. The Morgan fingerprint density at radius 2 is 2.08 bits per heavy atom. The molecule has 1 heterocycles. The number of nitrogens with one attached hydrogen (secondary N) is 1. The molecule has 0 fully saturated rings. The second kappa shape index (κ2) is 8.89. The van der Waals surface area contributed by atoms with Crippen LogP contribution in [-0.4, -0.2) is 42.2 Å². The number of benzene rings is 1. The molecule has 8 heteroatoms. The number of oxime groups is 1. The highest BCUT2D eigenvalue weighted by molar-refractivity contribution is 6.44. The molecule has 0 bridgehead atoms. The van der Waals surface area contributed by atoms with Gasteiger partial charge in [-0.05, 0) is 42.8 Å². The summed E-state index contributed by atoms with van der Waals surface area (Å²) in [5.74, 6) is 0.131. The van der Waals surface area contributed by atoms with Crippen molar-refractivity contribution in [1.82, 2.24) is 15.1 Å². The third-order valence-corrected chi connectivity index (χ3v) is 3.53. The van der Waals surface area contributed by atoms with Gasteiger partial charge in [0, 0.05) is 24.3 Å². The summed E-state index contributed by atoms with van der Waals surface area (Å²) in [6.07, 6.45) is 3.52.